The maximum atomic E-state index is 6.04. The van der Waals surface area contributed by atoms with Crippen molar-refractivity contribution >= 4 is 5.69 Å². The van der Waals surface area contributed by atoms with Crippen LogP contribution in [0, 0.1) is 5.92 Å². The zero-order valence-electron chi connectivity index (χ0n) is 14.5. The Morgan fingerprint density at radius 1 is 1.41 bits per heavy atom. The number of piperidine rings is 1. The van der Waals surface area contributed by atoms with Gasteiger partial charge in [0.15, 0.2) is 0 Å². The number of benzene rings is 1. The molecule has 3 rings (SSSR count). The molecule has 122 valence electrons. The number of hydrogen-bond acceptors (Lipinski definition) is 3. The van der Waals surface area contributed by atoms with Crippen molar-refractivity contribution in [3.63, 3.8) is 0 Å². The van der Waals surface area contributed by atoms with Crippen LogP contribution >= 0.6 is 0 Å². The number of rotatable bonds is 3. The van der Waals surface area contributed by atoms with Crippen LogP contribution < -0.4 is 10.1 Å². The fraction of sp³-hybridized carbons (Fsp3) is 0.684. The smallest absolute Gasteiger partial charge is 0.143 e. The SMILES string of the molecule is CC1CCCN(C(C)Cc2ccc3c(c2)NCC(C)(C)O3)C1. The predicted molar refractivity (Wildman–Crippen MR) is 92.8 cm³/mol. The van der Waals surface area contributed by atoms with Gasteiger partial charge < -0.3 is 15.0 Å². The Hall–Kier alpha value is -1.22. The van der Waals surface area contributed by atoms with Crippen molar-refractivity contribution < 1.29 is 4.74 Å². The molecule has 0 spiro atoms. The lowest BCUT2D eigenvalue weighted by atomic mass is 9.96. The van der Waals surface area contributed by atoms with Gasteiger partial charge in [0.2, 0.25) is 0 Å². The normalized spacial score (nSPS) is 25.7. The summed E-state index contributed by atoms with van der Waals surface area (Å²) >= 11 is 0. The van der Waals surface area contributed by atoms with E-state index in [1.165, 1.54) is 31.5 Å². The number of ether oxygens (including phenoxy) is 1. The van der Waals surface area contributed by atoms with E-state index in [4.69, 9.17) is 4.74 Å². The van der Waals surface area contributed by atoms with Crippen molar-refractivity contribution in [3.8, 4) is 5.75 Å². The van der Waals surface area contributed by atoms with Crippen molar-refractivity contribution in [2.24, 2.45) is 5.92 Å². The highest BCUT2D eigenvalue weighted by atomic mass is 16.5. The number of hydrogen-bond donors (Lipinski definition) is 1. The summed E-state index contributed by atoms with van der Waals surface area (Å²) in [5.74, 6) is 1.83. The van der Waals surface area contributed by atoms with Crippen LogP contribution in [0.25, 0.3) is 0 Å². The molecule has 3 heteroatoms. The largest absolute Gasteiger partial charge is 0.484 e. The maximum Gasteiger partial charge on any atom is 0.143 e. The van der Waals surface area contributed by atoms with Crippen LogP contribution in [0.1, 0.15) is 46.1 Å². The Kier molecular flexibility index (Phi) is 4.35. The van der Waals surface area contributed by atoms with E-state index in [-0.39, 0.29) is 5.60 Å². The second-order valence-corrected chi connectivity index (χ2v) is 7.84. The standard InChI is InChI=1S/C19H30N2O/c1-14-6-5-9-21(12-14)15(2)10-16-7-8-18-17(11-16)20-13-19(3,4)22-18/h7-8,11,14-15,20H,5-6,9-10,12-13H2,1-4H3. The fourth-order valence-electron chi connectivity index (χ4n) is 3.67. The summed E-state index contributed by atoms with van der Waals surface area (Å²) in [4.78, 5) is 2.65. The van der Waals surface area contributed by atoms with Crippen LogP contribution in [0.5, 0.6) is 5.75 Å². The van der Waals surface area contributed by atoms with Crippen molar-refractivity contribution in [1.82, 2.24) is 4.90 Å². The minimum absolute atomic E-state index is 0.119. The van der Waals surface area contributed by atoms with Crippen LogP contribution in [-0.2, 0) is 6.42 Å². The summed E-state index contributed by atoms with van der Waals surface area (Å²) in [6.07, 6.45) is 3.85. The van der Waals surface area contributed by atoms with Crippen molar-refractivity contribution in [1.29, 1.82) is 0 Å². The third-order valence-corrected chi connectivity index (χ3v) is 4.98. The number of fused-ring (bicyclic) bond motifs is 1. The molecule has 22 heavy (non-hydrogen) atoms. The van der Waals surface area contributed by atoms with Crippen molar-refractivity contribution in [2.75, 3.05) is 25.0 Å². The van der Waals surface area contributed by atoms with E-state index in [1.807, 2.05) is 0 Å². The van der Waals surface area contributed by atoms with Crippen molar-refractivity contribution in [2.45, 2.75) is 58.6 Å². The van der Waals surface area contributed by atoms with Crippen LogP contribution in [0.3, 0.4) is 0 Å². The van der Waals surface area contributed by atoms with Gasteiger partial charge >= 0.3 is 0 Å². The average molecular weight is 302 g/mol. The Bertz CT molecular complexity index is 526. The van der Waals surface area contributed by atoms with E-state index in [9.17, 15) is 0 Å². The van der Waals surface area contributed by atoms with Crippen LogP contribution in [-0.4, -0.2) is 36.2 Å². The Morgan fingerprint density at radius 3 is 3.00 bits per heavy atom. The molecule has 2 unspecified atom stereocenters. The molecule has 0 radical (unpaired) electrons. The summed E-state index contributed by atoms with van der Waals surface area (Å²) in [6, 6.07) is 7.24. The summed E-state index contributed by atoms with van der Waals surface area (Å²) in [7, 11) is 0. The summed E-state index contributed by atoms with van der Waals surface area (Å²) in [5.41, 5.74) is 2.43. The topological polar surface area (TPSA) is 24.5 Å². The first-order chi connectivity index (χ1) is 10.4. The Labute approximate surface area is 135 Å². The molecular weight excluding hydrogens is 272 g/mol. The van der Waals surface area contributed by atoms with E-state index in [2.05, 4.69) is 56.1 Å². The van der Waals surface area contributed by atoms with Crippen molar-refractivity contribution in [3.05, 3.63) is 23.8 Å². The molecule has 1 aromatic rings. The monoisotopic (exact) mass is 302 g/mol. The first-order valence-corrected chi connectivity index (χ1v) is 8.73. The van der Waals surface area contributed by atoms with Gasteiger partial charge in [-0.05, 0) is 70.2 Å². The molecule has 2 heterocycles. The van der Waals surface area contributed by atoms with E-state index in [1.54, 1.807) is 0 Å². The third kappa shape index (κ3) is 3.57. The van der Waals surface area contributed by atoms with Crippen LogP contribution in [0.15, 0.2) is 18.2 Å². The summed E-state index contributed by atoms with van der Waals surface area (Å²) in [6.45, 7) is 12.4. The number of nitrogens with one attached hydrogen (secondary N) is 1. The number of anilines is 1. The lowest BCUT2D eigenvalue weighted by molar-refractivity contribution is 0.116. The van der Waals surface area contributed by atoms with E-state index in [0.29, 0.717) is 6.04 Å². The van der Waals surface area contributed by atoms with Gasteiger partial charge in [-0.15, -0.1) is 0 Å². The zero-order valence-corrected chi connectivity index (χ0v) is 14.5. The number of nitrogens with zero attached hydrogens (tertiary/aromatic N) is 1. The maximum absolute atomic E-state index is 6.04. The molecule has 0 saturated carbocycles. The molecule has 0 aliphatic carbocycles. The zero-order chi connectivity index (χ0) is 15.7. The molecule has 1 N–H and O–H groups in total. The molecule has 0 bridgehead atoms. The van der Waals surface area contributed by atoms with Crippen LogP contribution in [0.2, 0.25) is 0 Å². The van der Waals surface area contributed by atoms with Gasteiger partial charge in [-0.25, -0.2) is 0 Å². The molecular formula is C19H30N2O. The highest BCUT2D eigenvalue weighted by Gasteiger charge is 2.26. The molecule has 2 atom stereocenters. The first kappa shape index (κ1) is 15.7. The quantitative estimate of drug-likeness (QED) is 0.915. The first-order valence-electron chi connectivity index (χ1n) is 8.73. The van der Waals surface area contributed by atoms with Gasteiger partial charge in [0, 0.05) is 12.6 Å². The lowest BCUT2D eigenvalue weighted by Crippen LogP contribution is -2.41. The highest BCUT2D eigenvalue weighted by Crippen LogP contribution is 2.34. The predicted octanol–water partition coefficient (Wildman–Crippen LogP) is 3.93. The third-order valence-electron chi connectivity index (χ3n) is 4.98. The molecule has 0 amide bonds. The molecule has 1 aromatic carbocycles. The lowest BCUT2D eigenvalue weighted by Gasteiger charge is -2.36. The van der Waals surface area contributed by atoms with Crippen LogP contribution in [0.4, 0.5) is 5.69 Å². The second-order valence-electron chi connectivity index (χ2n) is 7.84. The van der Waals surface area contributed by atoms with E-state index in [0.717, 1.165) is 30.3 Å². The van der Waals surface area contributed by atoms with Gasteiger partial charge in [0.05, 0.1) is 12.2 Å². The summed E-state index contributed by atoms with van der Waals surface area (Å²) < 4.78 is 6.04. The van der Waals surface area contributed by atoms with E-state index < -0.39 is 0 Å². The number of likely N-dealkylation sites (tertiary alicyclic amines) is 1. The minimum atomic E-state index is -0.119. The Balaban J connectivity index is 1.66. The molecule has 1 fully saturated rings. The van der Waals surface area contributed by atoms with Gasteiger partial charge in [-0.2, -0.15) is 0 Å². The molecule has 2 aliphatic heterocycles. The van der Waals surface area contributed by atoms with Gasteiger partial charge in [0.1, 0.15) is 11.4 Å². The minimum Gasteiger partial charge on any atom is -0.484 e. The van der Waals surface area contributed by atoms with Gasteiger partial charge in [-0.1, -0.05) is 13.0 Å². The van der Waals surface area contributed by atoms with Gasteiger partial charge in [0.25, 0.3) is 0 Å². The van der Waals surface area contributed by atoms with E-state index >= 15 is 0 Å². The molecule has 1 saturated heterocycles. The highest BCUT2D eigenvalue weighted by molar-refractivity contribution is 5.60. The molecule has 3 nitrogen and oxygen atoms in total. The fourth-order valence-corrected chi connectivity index (χ4v) is 3.67. The average Bonchev–Trinajstić information content (AvgIpc) is 2.47. The summed E-state index contributed by atoms with van der Waals surface area (Å²) in [5, 5.41) is 3.51. The molecule has 2 aliphatic rings. The Morgan fingerprint density at radius 2 is 2.23 bits per heavy atom. The van der Waals surface area contributed by atoms with Gasteiger partial charge in [-0.3, -0.25) is 0 Å². The molecule has 0 aromatic heterocycles. The second kappa shape index (κ2) is 6.11.